The van der Waals surface area contributed by atoms with Gasteiger partial charge in [-0.15, -0.1) is 10.2 Å². The fourth-order valence-corrected chi connectivity index (χ4v) is 1.95. The topological polar surface area (TPSA) is 38.9 Å². The lowest BCUT2D eigenvalue weighted by Gasteiger charge is -1.94. The van der Waals surface area contributed by atoms with Crippen molar-refractivity contribution in [2.45, 2.75) is 0 Å². The van der Waals surface area contributed by atoms with Gasteiger partial charge in [0, 0.05) is 12.2 Å². The predicted molar refractivity (Wildman–Crippen MR) is 84.9 cm³/mol. The molecule has 1 heterocycles. The van der Waals surface area contributed by atoms with Crippen molar-refractivity contribution in [1.82, 2.24) is 10.2 Å². The third-order valence-electron chi connectivity index (χ3n) is 3.18. The van der Waals surface area contributed by atoms with Gasteiger partial charge in [0.05, 0.1) is 0 Å². The van der Waals surface area contributed by atoms with Crippen molar-refractivity contribution in [2.24, 2.45) is 0 Å². The van der Waals surface area contributed by atoms with Crippen molar-refractivity contribution >= 4 is 24.3 Å². The molecule has 25 heavy (non-hydrogen) atoms. The molecule has 0 unspecified atom stereocenters. The van der Waals surface area contributed by atoms with Gasteiger partial charge in [0.15, 0.2) is 23.3 Å². The molecule has 0 saturated carbocycles. The first kappa shape index (κ1) is 16.6. The van der Waals surface area contributed by atoms with Crippen LogP contribution in [-0.2, 0) is 0 Å². The van der Waals surface area contributed by atoms with Crippen LogP contribution < -0.4 is 0 Å². The van der Waals surface area contributed by atoms with E-state index in [1.165, 1.54) is 36.4 Å². The van der Waals surface area contributed by atoms with Crippen LogP contribution in [0.5, 0.6) is 0 Å². The Morgan fingerprint density at radius 1 is 0.600 bits per heavy atom. The van der Waals surface area contributed by atoms with Crippen molar-refractivity contribution in [1.29, 1.82) is 0 Å². The average molecular weight is 346 g/mol. The zero-order chi connectivity index (χ0) is 17.8. The largest absolute Gasteiger partial charge is 0.417 e. The van der Waals surface area contributed by atoms with Gasteiger partial charge < -0.3 is 4.42 Å². The summed E-state index contributed by atoms with van der Waals surface area (Å²) in [7, 11) is 0. The van der Waals surface area contributed by atoms with Gasteiger partial charge >= 0.3 is 0 Å². The van der Waals surface area contributed by atoms with E-state index in [1.807, 2.05) is 0 Å². The Morgan fingerprint density at radius 2 is 1.04 bits per heavy atom. The van der Waals surface area contributed by atoms with Crippen molar-refractivity contribution < 1.29 is 22.0 Å². The Hall–Kier alpha value is -3.22. The summed E-state index contributed by atoms with van der Waals surface area (Å²) in [6, 6.07) is 6.89. The van der Waals surface area contributed by atoms with Crippen molar-refractivity contribution in [2.75, 3.05) is 0 Å². The molecule has 0 saturated heterocycles. The molecule has 0 fully saturated rings. The number of halogens is 4. The van der Waals surface area contributed by atoms with E-state index in [0.29, 0.717) is 11.1 Å². The number of benzene rings is 2. The zero-order valence-corrected chi connectivity index (χ0v) is 12.6. The van der Waals surface area contributed by atoms with E-state index in [9.17, 15) is 17.6 Å². The fourth-order valence-electron chi connectivity index (χ4n) is 1.95. The standard InChI is InChI=1S/C18H10F4N2O/c19-13-5-1-11(9-15(13)21)3-7-17-23-24-18(25-17)8-4-12-2-6-14(20)16(22)10-12/h1-10H/b7-3+,8-4+. The Bertz CT molecular complexity index is 887. The van der Waals surface area contributed by atoms with Crippen molar-refractivity contribution in [3.05, 3.63) is 82.6 Å². The van der Waals surface area contributed by atoms with Crippen LogP contribution in [-0.4, -0.2) is 10.2 Å². The van der Waals surface area contributed by atoms with Crippen LogP contribution in [0.4, 0.5) is 17.6 Å². The highest BCUT2D eigenvalue weighted by atomic mass is 19.2. The van der Waals surface area contributed by atoms with E-state index < -0.39 is 23.3 Å². The molecule has 0 N–H and O–H groups in total. The van der Waals surface area contributed by atoms with Gasteiger partial charge in [0.2, 0.25) is 11.8 Å². The second kappa shape index (κ2) is 7.12. The van der Waals surface area contributed by atoms with Crippen LogP contribution >= 0.6 is 0 Å². The van der Waals surface area contributed by atoms with Crippen LogP contribution in [0.25, 0.3) is 24.3 Å². The van der Waals surface area contributed by atoms with Crippen LogP contribution in [0.3, 0.4) is 0 Å². The van der Waals surface area contributed by atoms with Gasteiger partial charge in [-0.05, 0) is 47.5 Å². The van der Waals surface area contributed by atoms with Crippen molar-refractivity contribution in [3.8, 4) is 0 Å². The monoisotopic (exact) mass is 346 g/mol. The molecule has 7 heteroatoms. The summed E-state index contributed by atoms with van der Waals surface area (Å²) < 4.78 is 57.2. The van der Waals surface area contributed by atoms with Crippen LogP contribution in [0, 0.1) is 23.3 Å². The molecular weight excluding hydrogens is 336 g/mol. The van der Waals surface area contributed by atoms with Crippen molar-refractivity contribution in [3.63, 3.8) is 0 Å². The Labute approximate surface area is 139 Å². The first-order chi connectivity index (χ1) is 12.0. The molecule has 126 valence electrons. The maximum Gasteiger partial charge on any atom is 0.240 e. The van der Waals surface area contributed by atoms with Crippen LogP contribution in [0.1, 0.15) is 22.9 Å². The lowest BCUT2D eigenvalue weighted by Crippen LogP contribution is -1.83. The molecule has 3 rings (SSSR count). The molecule has 1 aromatic heterocycles. The van der Waals surface area contributed by atoms with E-state index in [2.05, 4.69) is 10.2 Å². The second-order valence-corrected chi connectivity index (χ2v) is 4.99. The molecule has 0 aliphatic carbocycles. The zero-order valence-electron chi connectivity index (χ0n) is 12.6. The fraction of sp³-hybridized carbons (Fsp3) is 0. The highest BCUT2D eigenvalue weighted by Gasteiger charge is 2.03. The molecule has 0 spiro atoms. The highest BCUT2D eigenvalue weighted by Crippen LogP contribution is 2.14. The summed E-state index contributed by atoms with van der Waals surface area (Å²) >= 11 is 0. The number of aromatic nitrogens is 2. The Kier molecular flexibility index (Phi) is 4.74. The predicted octanol–water partition coefficient (Wildman–Crippen LogP) is 4.97. The van der Waals surface area contributed by atoms with Gasteiger partial charge in [-0.2, -0.15) is 0 Å². The highest BCUT2D eigenvalue weighted by molar-refractivity contribution is 5.68. The van der Waals surface area contributed by atoms with Gasteiger partial charge in [-0.3, -0.25) is 0 Å². The molecule has 3 nitrogen and oxygen atoms in total. The third kappa shape index (κ3) is 4.20. The number of hydrogen-bond donors (Lipinski definition) is 0. The normalized spacial score (nSPS) is 11.7. The molecule has 0 atom stereocenters. The first-order valence-electron chi connectivity index (χ1n) is 7.11. The molecule has 0 aliphatic heterocycles. The smallest absolute Gasteiger partial charge is 0.240 e. The minimum absolute atomic E-state index is 0.148. The van der Waals surface area contributed by atoms with Gasteiger partial charge in [-0.25, -0.2) is 17.6 Å². The lowest BCUT2D eigenvalue weighted by atomic mass is 10.2. The van der Waals surface area contributed by atoms with Gasteiger partial charge in [0.1, 0.15) is 0 Å². The van der Waals surface area contributed by atoms with E-state index in [0.717, 1.165) is 24.3 Å². The minimum Gasteiger partial charge on any atom is -0.417 e. The summed E-state index contributed by atoms with van der Waals surface area (Å²) in [5.41, 5.74) is 0.854. The molecule has 0 aliphatic rings. The van der Waals surface area contributed by atoms with E-state index in [4.69, 9.17) is 4.42 Å². The van der Waals surface area contributed by atoms with Gasteiger partial charge in [0.25, 0.3) is 0 Å². The molecule has 2 aromatic carbocycles. The molecule has 0 bridgehead atoms. The maximum atomic E-state index is 13.1. The van der Waals surface area contributed by atoms with Crippen LogP contribution in [0.15, 0.2) is 40.8 Å². The molecule has 0 radical (unpaired) electrons. The van der Waals surface area contributed by atoms with E-state index >= 15 is 0 Å². The Balaban J connectivity index is 1.71. The number of rotatable bonds is 4. The Morgan fingerprint density at radius 3 is 1.44 bits per heavy atom. The summed E-state index contributed by atoms with van der Waals surface area (Å²) in [6.45, 7) is 0. The number of hydrogen-bond acceptors (Lipinski definition) is 3. The second-order valence-electron chi connectivity index (χ2n) is 4.99. The first-order valence-corrected chi connectivity index (χ1v) is 7.11. The van der Waals surface area contributed by atoms with E-state index in [-0.39, 0.29) is 11.8 Å². The maximum absolute atomic E-state index is 13.1. The molecular formula is C18H10F4N2O. The molecule has 3 aromatic rings. The minimum atomic E-state index is -0.956. The van der Waals surface area contributed by atoms with Gasteiger partial charge in [-0.1, -0.05) is 12.1 Å². The third-order valence-corrected chi connectivity index (χ3v) is 3.18. The summed E-state index contributed by atoms with van der Waals surface area (Å²) in [6.07, 6.45) is 5.85. The van der Waals surface area contributed by atoms with Crippen LogP contribution in [0.2, 0.25) is 0 Å². The summed E-state index contributed by atoms with van der Waals surface area (Å²) in [4.78, 5) is 0. The van der Waals surface area contributed by atoms with E-state index in [1.54, 1.807) is 0 Å². The lowest BCUT2D eigenvalue weighted by molar-refractivity contribution is 0.508. The quantitative estimate of drug-likeness (QED) is 0.626. The SMILES string of the molecule is Fc1ccc(/C=C/c2nnc(/C=C/c3ccc(F)c(F)c3)o2)cc1F. The molecule has 0 amide bonds. The average Bonchev–Trinajstić information content (AvgIpc) is 3.05. The summed E-state index contributed by atoms with van der Waals surface area (Å²) in [5.74, 6) is -3.48. The number of nitrogens with zero attached hydrogens (tertiary/aromatic N) is 2. The summed E-state index contributed by atoms with van der Waals surface area (Å²) in [5, 5.41) is 7.52.